The van der Waals surface area contributed by atoms with Crippen molar-refractivity contribution in [1.82, 2.24) is 4.73 Å². The van der Waals surface area contributed by atoms with Gasteiger partial charge in [-0.2, -0.15) is 4.73 Å². The van der Waals surface area contributed by atoms with Gasteiger partial charge in [-0.1, -0.05) is 19.1 Å². The van der Waals surface area contributed by atoms with Gasteiger partial charge in [-0.3, -0.25) is 0 Å². The second kappa shape index (κ2) is 4.26. The maximum atomic E-state index is 5.35. The highest BCUT2D eigenvalue weighted by Crippen LogP contribution is 1.97. The lowest BCUT2D eigenvalue weighted by Crippen LogP contribution is -2.12. The SMILES string of the molecule is CCCOn1ccc(C)cc1=S. The molecule has 0 spiro atoms. The topological polar surface area (TPSA) is 14.2 Å². The van der Waals surface area contributed by atoms with Crippen LogP contribution in [0.25, 0.3) is 0 Å². The Morgan fingerprint density at radius 3 is 2.92 bits per heavy atom. The van der Waals surface area contributed by atoms with Crippen molar-refractivity contribution in [2.45, 2.75) is 20.3 Å². The summed E-state index contributed by atoms with van der Waals surface area (Å²) in [4.78, 5) is 5.35. The van der Waals surface area contributed by atoms with Gasteiger partial charge in [0.05, 0.1) is 0 Å². The summed E-state index contributed by atoms with van der Waals surface area (Å²) in [5.74, 6) is 0. The van der Waals surface area contributed by atoms with Crippen molar-refractivity contribution in [3.8, 4) is 0 Å². The van der Waals surface area contributed by atoms with Crippen LogP contribution in [-0.4, -0.2) is 11.3 Å². The molecule has 1 aromatic heterocycles. The van der Waals surface area contributed by atoms with E-state index in [1.54, 1.807) is 4.73 Å². The molecule has 0 aliphatic heterocycles. The molecule has 0 aliphatic carbocycles. The van der Waals surface area contributed by atoms with Crippen molar-refractivity contribution >= 4 is 12.2 Å². The fourth-order valence-corrected chi connectivity index (χ4v) is 1.16. The zero-order valence-electron chi connectivity index (χ0n) is 7.41. The molecule has 3 heteroatoms. The van der Waals surface area contributed by atoms with Gasteiger partial charge in [-0.25, -0.2) is 0 Å². The molecular formula is C9H13NOS. The predicted molar refractivity (Wildman–Crippen MR) is 51.7 cm³/mol. The third-order valence-corrected chi connectivity index (χ3v) is 1.77. The van der Waals surface area contributed by atoms with Crippen LogP contribution in [0.3, 0.4) is 0 Å². The molecule has 0 fully saturated rings. The molecule has 0 saturated carbocycles. The zero-order valence-corrected chi connectivity index (χ0v) is 8.23. The van der Waals surface area contributed by atoms with E-state index in [0.717, 1.165) is 16.6 Å². The van der Waals surface area contributed by atoms with Crippen molar-refractivity contribution < 1.29 is 4.84 Å². The van der Waals surface area contributed by atoms with Crippen LogP contribution in [0.5, 0.6) is 0 Å². The second-order valence-corrected chi connectivity index (χ2v) is 3.12. The molecule has 0 radical (unpaired) electrons. The molecule has 0 N–H and O–H groups in total. The summed E-state index contributed by atoms with van der Waals surface area (Å²) < 4.78 is 2.36. The van der Waals surface area contributed by atoms with Crippen LogP contribution in [0.2, 0.25) is 0 Å². The van der Waals surface area contributed by atoms with E-state index in [2.05, 4.69) is 6.92 Å². The maximum absolute atomic E-state index is 5.35. The molecule has 0 bridgehead atoms. The normalized spacial score (nSPS) is 9.83. The highest BCUT2D eigenvalue weighted by atomic mass is 32.1. The molecule has 1 aromatic rings. The number of rotatable bonds is 3. The van der Waals surface area contributed by atoms with E-state index in [1.807, 2.05) is 25.3 Å². The average molecular weight is 183 g/mol. The van der Waals surface area contributed by atoms with Crippen LogP contribution in [0.15, 0.2) is 18.3 Å². The lowest BCUT2D eigenvalue weighted by Gasteiger charge is -2.07. The van der Waals surface area contributed by atoms with Gasteiger partial charge < -0.3 is 4.84 Å². The molecule has 0 aromatic carbocycles. The van der Waals surface area contributed by atoms with Gasteiger partial charge in [0.2, 0.25) is 0 Å². The van der Waals surface area contributed by atoms with Crippen LogP contribution in [0.4, 0.5) is 0 Å². The molecule has 1 rings (SSSR count). The van der Waals surface area contributed by atoms with Gasteiger partial charge in [-0.15, -0.1) is 0 Å². The van der Waals surface area contributed by atoms with Crippen LogP contribution < -0.4 is 4.84 Å². The summed E-state index contributed by atoms with van der Waals surface area (Å²) in [5, 5.41) is 0. The first kappa shape index (κ1) is 9.26. The minimum atomic E-state index is 0.706. The number of hydrogen-bond donors (Lipinski definition) is 0. The van der Waals surface area contributed by atoms with Gasteiger partial charge in [0.25, 0.3) is 0 Å². The fraction of sp³-hybridized carbons (Fsp3) is 0.444. The van der Waals surface area contributed by atoms with E-state index in [0.29, 0.717) is 6.61 Å². The molecule has 0 aliphatic rings. The molecule has 12 heavy (non-hydrogen) atoms. The first-order valence-corrected chi connectivity index (χ1v) is 4.47. The van der Waals surface area contributed by atoms with Crippen LogP contribution in [-0.2, 0) is 0 Å². The van der Waals surface area contributed by atoms with E-state index < -0.39 is 0 Å². The number of nitrogens with zero attached hydrogens (tertiary/aromatic N) is 1. The molecular weight excluding hydrogens is 170 g/mol. The van der Waals surface area contributed by atoms with Crippen molar-refractivity contribution in [2.75, 3.05) is 6.61 Å². The fourth-order valence-electron chi connectivity index (χ4n) is 0.862. The predicted octanol–water partition coefficient (Wildman–Crippen LogP) is 2.36. The Labute approximate surface area is 77.7 Å². The summed E-state index contributed by atoms with van der Waals surface area (Å²) in [5.41, 5.74) is 1.16. The monoisotopic (exact) mass is 183 g/mol. The van der Waals surface area contributed by atoms with Gasteiger partial charge in [0, 0.05) is 6.20 Å². The van der Waals surface area contributed by atoms with Gasteiger partial charge in [-0.05, 0) is 31.0 Å². The molecule has 0 unspecified atom stereocenters. The van der Waals surface area contributed by atoms with Crippen LogP contribution in [0.1, 0.15) is 18.9 Å². The third kappa shape index (κ3) is 2.34. The Balaban J connectivity index is 2.80. The third-order valence-electron chi connectivity index (χ3n) is 1.48. The Bertz CT molecular complexity index is 306. The first-order chi connectivity index (χ1) is 5.74. The summed E-state index contributed by atoms with van der Waals surface area (Å²) in [6.45, 7) is 4.79. The summed E-state index contributed by atoms with van der Waals surface area (Å²) in [6, 6.07) is 3.90. The van der Waals surface area contributed by atoms with E-state index in [1.165, 1.54) is 0 Å². The highest BCUT2D eigenvalue weighted by Gasteiger charge is 1.91. The van der Waals surface area contributed by atoms with Crippen molar-refractivity contribution in [2.24, 2.45) is 0 Å². The number of aromatic nitrogens is 1. The molecule has 1 heterocycles. The van der Waals surface area contributed by atoms with Crippen molar-refractivity contribution in [1.29, 1.82) is 0 Å². The van der Waals surface area contributed by atoms with Gasteiger partial charge >= 0.3 is 0 Å². The van der Waals surface area contributed by atoms with E-state index >= 15 is 0 Å². The summed E-state index contributed by atoms with van der Waals surface area (Å²) in [6.07, 6.45) is 2.85. The number of hydrogen-bond acceptors (Lipinski definition) is 2. The van der Waals surface area contributed by atoms with Crippen LogP contribution >= 0.6 is 12.2 Å². The average Bonchev–Trinajstić information content (AvgIpc) is 2.03. The largest absolute Gasteiger partial charge is 0.413 e. The lowest BCUT2D eigenvalue weighted by atomic mass is 10.3. The molecule has 0 amide bonds. The molecule has 0 saturated heterocycles. The van der Waals surface area contributed by atoms with Crippen LogP contribution in [0, 0.1) is 11.6 Å². The first-order valence-electron chi connectivity index (χ1n) is 4.06. The van der Waals surface area contributed by atoms with Gasteiger partial charge in [0.15, 0.2) is 0 Å². The maximum Gasteiger partial charge on any atom is 0.142 e. The minimum Gasteiger partial charge on any atom is -0.413 e. The van der Waals surface area contributed by atoms with Crippen molar-refractivity contribution in [3.05, 3.63) is 28.5 Å². The zero-order chi connectivity index (χ0) is 8.97. The quantitative estimate of drug-likeness (QED) is 0.668. The Morgan fingerprint density at radius 2 is 2.33 bits per heavy atom. The standard InChI is InChI=1S/C9H13NOS/c1-3-6-11-10-5-4-8(2)7-9(10)12/h4-5,7H,3,6H2,1-2H3. The smallest absolute Gasteiger partial charge is 0.142 e. The Hall–Kier alpha value is -0.830. The van der Waals surface area contributed by atoms with E-state index in [-0.39, 0.29) is 0 Å². The molecule has 66 valence electrons. The van der Waals surface area contributed by atoms with Gasteiger partial charge in [0.1, 0.15) is 11.2 Å². The van der Waals surface area contributed by atoms with E-state index in [9.17, 15) is 0 Å². The Morgan fingerprint density at radius 1 is 1.58 bits per heavy atom. The van der Waals surface area contributed by atoms with E-state index in [4.69, 9.17) is 17.1 Å². The number of aryl methyl sites for hydroxylation is 1. The Kier molecular flexibility index (Phi) is 3.29. The summed E-state index contributed by atoms with van der Waals surface area (Å²) in [7, 11) is 0. The second-order valence-electron chi connectivity index (χ2n) is 2.70. The lowest BCUT2D eigenvalue weighted by molar-refractivity contribution is 0.106. The highest BCUT2D eigenvalue weighted by molar-refractivity contribution is 7.71. The minimum absolute atomic E-state index is 0.706. The van der Waals surface area contributed by atoms with Crippen molar-refractivity contribution in [3.63, 3.8) is 0 Å². The molecule has 2 nitrogen and oxygen atoms in total. The molecule has 0 atom stereocenters. The summed E-state index contributed by atoms with van der Waals surface area (Å²) >= 11 is 5.09. The number of pyridine rings is 1.